The van der Waals surface area contributed by atoms with Crippen LogP contribution < -0.4 is 0 Å². The van der Waals surface area contributed by atoms with Gasteiger partial charge in [-0.3, -0.25) is 14.4 Å². The molecule has 72 heavy (non-hydrogen) atoms. The summed E-state index contributed by atoms with van der Waals surface area (Å²) in [6.07, 6.45) is 83.2. The molecule has 0 aliphatic rings. The highest BCUT2D eigenvalue weighted by atomic mass is 16.6. The molecule has 0 aromatic heterocycles. The van der Waals surface area contributed by atoms with E-state index in [1.807, 2.05) is 6.08 Å². The molecule has 1 unspecified atom stereocenters. The van der Waals surface area contributed by atoms with Gasteiger partial charge in [0.1, 0.15) is 13.2 Å². The van der Waals surface area contributed by atoms with Gasteiger partial charge < -0.3 is 14.2 Å². The van der Waals surface area contributed by atoms with Gasteiger partial charge in [0.25, 0.3) is 0 Å². The molecule has 0 saturated carbocycles. The summed E-state index contributed by atoms with van der Waals surface area (Å²) in [5.74, 6) is -1.08. The fourth-order valence-electron chi connectivity index (χ4n) is 7.59. The smallest absolute Gasteiger partial charge is 0.309 e. The van der Waals surface area contributed by atoms with Crippen LogP contribution in [0, 0.1) is 0 Å². The highest BCUT2D eigenvalue weighted by Crippen LogP contribution is 2.14. The van der Waals surface area contributed by atoms with Gasteiger partial charge in [-0.25, -0.2) is 0 Å². The number of hydrogen-bond donors (Lipinski definition) is 0. The van der Waals surface area contributed by atoms with Crippen LogP contribution >= 0.6 is 0 Å². The zero-order valence-electron chi connectivity index (χ0n) is 46.4. The van der Waals surface area contributed by atoms with Crippen molar-refractivity contribution in [2.75, 3.05) is 13.2 Å². The van der Waals surface area contributed by atoms with E-state index in [0.29, 0.717) is 12.8 Å². The van der Waals surface area contributed by atoms with E-state index in [0.717, 1.165) is 122 Å². The monoisotopic (exact) mass is 995 g/mol. The number of rotatable bonds is 51. The van der Waals surface area contributed by atoms with Crippen molar-refractivity contribution < 1.29 is 28.6 Å². The lowest BCUT2D eigenvalue weighted by Crippen LogP contribution is -2.30. The lowest BCUT2D eigenvalue weighted by Gasteiger charge is -2.18. The van der Waals surface area contributed by atoms with E-state index in [1.54, 1.807) is 6.08 Å². The average Bonchev–Trinajstić information content (AvgIpc) is 3.38. The van der Waals surface area contributed by atoms with Crippen molar-refractivity contribution in [3.8, 4) is 0 Å². The molecule has 0 bridgehead atoms. The molecule has 0 radical (unpaired) electrons. The first kappa shape index (κ1) is 67.5. The minimum Gasteiger partial charge on any atom is -0.462 e. The summed E-state index contributed by atoms with van der Waals surface area (Å²) in [6.45, 7) is 6.30. The number of ether oxygens (including phenoxy) is 3. The van der Waals surface area contributed by atoms with Gasteiger partial charge in [0.2, 0.25) is 0 Å². The van der Waals surface area contributed by atoms with Gasteiger partial charge in [0.05, 0.1) is 6.42 Å². The molecule has 0 heterocycles. The Morgan fingerprint density at radius 3 is 0.986 bits per heavy atom. The molecule has 0 aliphatic carbocycles. The minimum atomic E-state index is -0.834. The maximum absolute atomic E-state index is 12.9. The van der Waals surface area contributed by atoms with E-state index in [1.165, 1.54) is 83.5 Å². The van der Waals surface area contributed by atoms with Gasteiger partial charge in [-0.15, -0.1) is 0 Å². The predicted molar refractivity (Wildman–Crippen MR) is 311 cm³/mol. The molecule has 0 saturated heterocycles. The normalized spacial score (nSPS) is 13.1. The molecular formula is C66H106O6. The topological polar surface area (TPSA) is 78.9 Å². The first-order chi connectivity index (χ1) is 35.5. The maximum atomic E-state index is 12.9. The molecule has 0 spiro atoms. The number of carbonyl (C=O) groups is 3. The van der Waals surface area contributed by atoms with Crippen LogP contribution in [0.15, 0.2) is 134 Å². The van der Waals surface area contributed by atoms with E-state index < -0.39 is 12.1 Å². The molecule has 406 valence electrons. The minimum absolute atomic E-state index is 0.117. The van der Waals surface area contributed by atoms with E-state index >= 15 is 0 Å². The fraction of sp³-hybridized carbons (Fsp3) is 0.621. The van der Waals surface area contributed by atoms with Crippen molar-refractivity contribution >= 4 is 17.9 Å². The lowest BCUT2D eigenvalue weighted by molar-refractivity contribution is -0.166. The van der Waals surface area contributed by atoms with Crippen LogP contribution in [-0.2, 0) is 28.6 Å². The summed E-state index contributed by atoms with van der Waals surface area (Å²) < 4.78 is 16.8. The third kappa shape index (κ3) is 56.5. The summed E-state index contributed by atoms with van der Waals surface area (Å²) in [5.41, 5.74) is 0. The van der Waals surface area contributed by atoms with Crippen molar-refractivity contribution in [1.82, 2.24) is 0 Å². The van der Waals surface area contributed by atoms with Crippen molar-refractivity contribution in [1.29, 1.82) is 0 Å². The number of unbranched alkanes of at least 4 members (excludes halogenated alkanes) is 19. The van der Waals surface area contributed by atoms with Gasteiger partial charge in [-0.2, -0.15) is 0 Å². The van der Waals surface area contributed by atoms with Crippen molar-refractivity contribution in [3.05, 3.63) is 134 Å². The van der Waals surface area contributed by atoms with Crippen LogP contribution in [0.5, 0.6) is 0 Å². The van der Waals surface area contributed by atoms with Crippen LogP contribution in [0.1, 0.15) is 245 Å². The Labute approximate surface area is 443 Å². The first-order valence-corrected chi connectivity index (χ1v) is 29.2. The molecular weight excluding hydrogens is 889 g/mol. The fourth-order valence-corrected chi connectivity index (χ4v) is 7.59. The molecule has 0 rings (SSSR count). The molecule has 1 atom stereocenters. The SMILES string of the molecule is CC/C=C\C/C=C\C/C=C\C/C=C\C/C=C\CCCCCCCC(=O)OCC(COC(=O)C/C=C\C/C=C\C/C=C\C/C=C\C/C=C\CC)OC(=O)CCCCCCCCC/C=C\CCCCCCCCC. The highest BCUT2D eigenvalue weighted by Gasteiger charge is 2.19. The molecule has 6 nitrogen and oxygen atoms in total. The molecule has 0 fully saturated rings. The summed E-state index contributed by atoms with van der Waals surface area (Å²) in [7, 11) is 0. The summed E-state index contributed by atoms with van der Waals surface area (Å²) in [6, 6.07) is 0. The average molecular weight is 996 g/mol. The Balaban J connectivity index is 4.53. The molecule has 6 heteroatoms. The van der Waals surface area contributed by atoms with Gasteiger partial charge >= 0.3 is 17.9 Å². The quantitative estimate of drug-likeness (QED) is 0.0261. The van der Waals surface area contributed by atoms with E-state index in [2.05, 4.69) is 142 Å². The Kier molecular flexibility index (Phi) is 55.5. The summed E-state index contributed by atoms with van der Waals surface area (Å²) >= 11 is 0. The second kappa shape index (κ2) is 59.1. The van der Waals surface area contributed by atoms with Crippen molar-refractivity contribution in [3.63, 3.8) is 0 Å². The highest BCUT2D eigenvalue weighted by molar-refractivity contribution is 5.72. The van der Waals surface area contributed by atoms with Crippen LogP contribution in [-0.4, -0.2) is 37.2 Å². The van der Waals surface area contributed by atoms with Gasteiger partial charge in [0.15, 0.2) is 6.10 Å². The third-order valence-corrected chi connectivity index (χ3v) is 11.9. The van der Waals surface area contributed by atoms with Crippen molar-refractivity contribution in [2.45, 2.75) is 252 Å². The maximum Gasteiger partial charge on any atom is 0.309 e. The zero-order chi connectivity index (χ0) is 52.2. The number of esters is 3. The van der Waals surface area contributed by atoms with Gasteiger partial charge in [-0.05, 0) is 116 Å². The van der Waals surface area contributed by atoms with Crippen LogP contribution in [0.25, 0.3) is 0 Å². The van der Waals surface area contributed by atoms with Gasteiger partial charge in [0, 0.05) is 12.8 Å². The largest absolute Gasteiger partial charge is 0.462 e. The number of allylic oxidation sites excluding steroid dienone is 21. The Hall–Kier alpha value is -4.45. The zero-order valence-corrected chi connectivity index (χ0v) is 46.4. The van der Waals surface area contributed by atoms with Crippen molar-refractivity contribution in [2.24, 2.45) is 0 Å². The third-order valence-electron chi connectivity index (χ3n) is 11.9. The predicted octanol–water partition coefficient (Wildman–Crippen LogP) is 19.8. The lowest BCUT2D eigenvalue weighted by atomic mass is 10.1. The molecule has 0 aromatic rings. The summed E-state index contributed by atoms with van der Waals surface area (Å²) in [5, 5.41) is 0. The molecule has 0 N–H and O–H groups in total. The Morgan fingerprint density at radius 1 is 0.306 bits per heavy atom. The second-order valence-corrected chi connectivity index (χ2v) is 18.8. The molecule has 0 aromatic carbocycles. The Morgan fingerprint density at radius 2 is 0.597 bits per heavy atom. The number of hydrogen-bond acceptors (Lipinski definition) is 6. The first-order valence-electron chi connectivity index (χ1n) is 29.2. The van der Waals surface area contributed by atoms with Crippen LogP contribution in [0.4, 0.5) is 0 Å². The summed E-state index contributed by atoms with van der Waals surface area (Å²) in [4.78, 5) is 38.1. The van der Waals surface area contributed by atoms with E-state index in [4.69, 9.17) is 14.2 Å². The molecule has 0 aliphatic heterocycles. The van der Waals surface area contributed by atoms with E-state index in [-0.39, 0.29) is 31.6 Å². The number of carbonyl (C=O) groups excluding carboxylic acids is 3. The second-order valence-electron chi connectivity index (χ2n) is 18.8. The standard InChI is InChI=1S/C66H106O6/c1-4-7-10-13-16-19-22-25-28-30-32-33-34-36-38-41-44-47-50-53-56-59-65(68)71-62-63(61-70-64(67)58-55-52-49-46-43-40-37-27-24-21-18-15-12-9-6-3)72-66(69)60-57-54-51-48-45-42-39-35-31-29-26-23-20-17-14-11-8-5-2/h7,9-10,12,16,18-19,21,25,27-29,31-33,36-38,43,46,52,55,63H,4-6,8,11,13-15,17,20,22-24,26,30,34-35,39-42,44-45,47-51,53-54,56-62H2,1-3H3/b10-7-,12-9-,19-16-,21-18-,28-25-,31-29-,33-32-,37-27-,38-36-,46-43-,55-52-. The molecule has 0 amide bonds. The Bertz CT molecular complexity index is 1560. The van der Waals surface area contributed by atoms with Crippen LogP contribution in [0.2, 0.25) is 0 Å². The van der Waals surface area contributed by atoms with Crippen LogP contribution in [0.3, 0.4) is 0 Å². The van der Waals surface area contributed by atoms with E-state index in [9.17, 15) is 14.4 Å². The van der Waals surface area contributed by atoms with Gasteiger partial charge in [-0.1, -0.05) is 244 Å².